The molecule has 0 fully saturated rings. The Morgan fingerprint density at radius 2 is 0.746 bits per heavy atom. The lowest BCUT2D eigenvalue weighted by Crippen LogP contribution is -2.41. The molecule has 734 valence electrons. The van der Waals surface area contributed by atoms with Crippen LogP contribution in [0.1, 0.15) is 159 Å². The zero-order valence-corrected chi connectivity index (χ0v) is 82.7. The van der Waals surface area contributed by atoms with E-state index in [4.69, 9.17) is 90.7 Å². The lowest BCUT2D eigenvalue weighted by Gasteiger charge is -2.36. The number of aryl methyl sites for hydroxylation is 4. The SMILES string of the molecule is C#CCOC(=O)N1CCc2c([nH]c3ccc(Cl)cc23)C1c1ccc(OCCCn2cncn2)cc1.C=C(C)OC(=O)N1CCc2c([nH]c3ccc(Cl)cc23)C1c1ccc(OCCCn2cncn2)cc1.CC(C)(C)COC(=O)N1CCc2c([nH]c3ccc(Cl)cc23)C1c1ccc(OCCCn2ccnc2)cc1.CC(C)OC(=O)N1CCc2c([nH]c3ccc(Cl)cc23)C1c1ccc(OCCCn2cncn2)cc1. The highest BCUT2D eigenvalue weighted by Crippen LogP contribution is 2.46. The number of fused-ring (bicyclic) bond motifs is 12. The Hall–Kier alpha value is -14.7. The Morgan fingerprint density at radius 1 is 0.430 bits per heavy atom. The summed E-state index contributed by atoms with van der Waals surface area (Å²) in [4.78, 5) is 89.3. The average Bonchev–Trinajstić information content (AvgIpc) is 1.61. The van der Waals surface area contributed by atoms with Crippen LogP contribution < -0.4 is 18.9 Å². The van der Waals surface area contributed by atoms with Crippen molar-refractivity contribution in [2.45, 2.75) is 149 Å². The normalized spacial score (nSPS) is 15.3. The van der Waals surface area contributed by atoms with Crippen molar-refractivity contribution in [3.8, 4) is 35.3 Å². The van der Waals surface area contributed by atoms with Gasteiger partial charge in [0.2, 0.25) is 0 Å². The lowest BCUT2D eigenvalue weighted by atomic mass is 9.92. The average molecular weight is 2000 g/mol. The van der Waals surface area contributed by atoms with Gasteiger partial charge in [-0.1, -0.05) is 128 Å². The number of carbonyl (C=O) groups excluding carboxylic acids is 4. The molecule has 142 heavy (non-hydrogen) atoms. The Balaban J connectivity index is 0.000000130. The Bertz CT molecular complexity index is 7040. The van der Waals surface area contributed by atoms with Crippen LogP contribution in [0.15, 0.2) is 239 Å². The third kappa shape index (κ3) is 24.1. The number of aromatic nitrogens is 15. The predicted octanol–water partition coefficient (Wildman–Crippen LogP) is 22.1. The molecular weight excluding hydrogens is 1890 g/mol. The molecule has 8 aromatic carbocycles. The number of terminal acetylenes is 1. The van der Waals surface area contributed by atoms with E-state index in [0.717, 1.165) is 182 Å². The van der Waals surface area contributed by atoms with Gasteiger partial charge in [-0.2, -0.15) is 15.3 Å². The molecule has 4 unspecified atom stereocenters. The largest absolute Gasteiger partial charge is 0.494 e. The minimum atomic E-state index is -0.441. The number of rotatable bonds is 28. The molecule has 4 atom stereocenters. The molecule has 0 spiro atoms. The van der Waals surface area contributed by atoms with Crippen LogP contribution in [-0.2, 0) is 70.8 Å². The summed E-state index contributed by atoms with van der Waals surface area (Å²) in [7, 11) is 0. The molecule has 12 heterocycles. The predicted molar refractivity (Wildman–Crippen MR) is 545 cm³/mol. The minimum Gasteiger partial charge on any atom is -0.494 e. The van der Waals surface area contributed by atoms with E-state index < -0.39 is 12.2 Å². The summed E-state index contributed by atoms with van der Waals surface area (Å²) in [6.45, 7) is 23.1. The van der Waals surface area contributed by atoms with Crippen LogP contribution in [-0.4, -0.2) is 190 Å². The first-order valence-electron chi connectivity index (χ1n) is 47.4. The number of amides is 4. The molecule has 35 heteroatoms. The van der Waals surface area contributed by atoms with Crippen LogP contribution in [0, 0.1) is 17.8 Å². The highest BCUT2D eigenvalue weighted by atomic mass is 35.5. The zero-order chi connectivity index (χ0) is 98.9. The molecule has 16 aromatic rings. The van der Waals surface area contributed by atoms with Crippen LogP contribution in [0.3, 0.4) is 0 Å². The number of hydrogen-bond donors (Lipinski definition) is 4. The zero-order valence-electron chi connectivity index (χ0n) is 79.7. The van der Waals surface area contributed by atoms with Gasteiger partial charge in [0.1, 0.15) is 85.1 Å². The van der Waals surface area contributed by atoms with E-state index >= 15 is 0 Å². The van der Waals surface area contributed by atoms with E-state index in [1.807, 2.05) is 206 Å². The third-order valence-corrected chi connectivity index (χ3v) is 25.7. The molecule has 0 radical (unpaired) electrons. The number of halogens is 4. The summed E-state index contributed by atoms with van der Waals surface area (Å²) in [6.07, 6.45) is 25.0. The molecule has 4 N–H and O–H groups in total. The minimum absolute atomic E-state index is 0.0708. The molecule has 0 saturated heterocycles. The fourth-order valence-corrected chi connectivity index (χ4v) is 19.1. The van der Waals surface area contributed by atoms with Crippen molar-refractivity contribution in [1.82, 2.24) is 93.4 Å². The van der Waals surface area contributed by atoms with Gasteiger partial charge in [0.05, 0.1) is 51.2 Å². The van der Waals surface area contributed by atoms with Crippen molar-refractivity contribution in [3.05, 3.63) is 326 Å². The number of H-pyrrole nitrogens is 4. The van der Waals surface area contributed by atoms with Crippen molar-refractivity contribution in [2.24, 2.45) is 5.41 Å². The first kappa shape index (κ1) is 98.9. The summed E-state index contributed by atoms with van der Waals surface area (Å²) >= 11 is 25.1. The number of carbonyl (C=O) groups is 4. The quantitative estimate of drug-likeness (QED) is 0.0153. The highest BCUT2D eigenvalue weighted by Gasteiger charge is 2.41. The number of imidazole rings is 1. The second-order valence-corrected chi connectivity index (χ2v) is 38.2. The fraction of sp³-hybridized carbons (Fsp3) is 0.318. The van der Waals surface area contributed by atoms with Gasteiger partial charge < -0.3 is 62.4 Å². The highest BCUT2D eigenvalue weighted by molar-refractivity contribution is 6.32. The van der Waals surface area contributed by atoms with Gasteiger partial charge in [0, 0.05) is 170 Å². The molecule has 4 aliphatic heterocycles. The van der Waals surface area contributed by atoms with E-state index in [1.54, 1.807) is 60.8 Å². The van der Waals surface area contributed by atoms with Crippen LogP contribution in [0.2, 0.25) is 20.1 Å². The lowest BCUT2D eigenvalue weighted by molar-refractivity contribution is 0.0620. The van der Waals surface area contributed by atoms with E-state index in [0.29, 0.717) is 97.9 Å². The van der Waals surface area contributed by atoms with Gasteiger partial charge in [0.15, 0.2) is 6.61 Å². The first-order chi connectivity index (χ1) is 68.9. The van der Waals surface area contributed by atoms with Crippen molar-refractivity contribution in [2.75, 3.05) is 65.8 Å². The number of allylic oxidation sites excluding steroid dienone is 1. The molecule has 0 saturated carbocycles. The third-order valence-electron chi connectivity index (χ3n) is 24.8. The number of nitrogens with zero attached hydrogens (tertiary/aromatic N) is 15. The van der Waals surface area contributed by atoms with E-state index in [1.165, 1.54) is 35.7 Å². The standard InChI is InChI=1S/C29H33ClN4O3.C26H28ClN5O3.C26H26ClN5O3.C26H24ClN5O3/c1-29(2,3)18-37-28(35)34-14-11-23-24-17-21(30)7-10-25(24)32-26(23)27(34)20-5-8-22(9-6-20)36-16-4-13-33-15-12-31-19-33;2*1-17(2)35-26(33)32-12-10-21-22-14-19(27)6-9-23(22)30-24(21)25(32)18-4-7-20(8-5-18)34-13-3-11-31-16-28-15-29-31;1-2-13-35-26(33)32-12-10-21-22-15-19(27)6-9-23(22)30-24(21)25(32)18-4-7-20(8-5-18)34-14-3-11-31-17-28-16-29-31/h5-10,12,15,17,19,27,32H,4,11,13-14,16,18H2,1-3H3;4-9,14-17,25,30H,3,10-13H2,1-2H3;4-9,14-16,25,30H,1,3,10-13H2,2H3;1,4-9,15-17,25,30H,3,10-14H2. The maximum atomic E-state index is 13.3. The Kier molecular flexibility index (Phi) is 31.8. The Labute approximate surface area is 841 Å². The number of ether oxygens (including phenoxy) is 8. The fourth-order valence-electron chi connectivity index (χ4n) is 18.4. The van der Waals surface area contributed by atoms with Crippen molar-refractivity contribution < 1.29 is 57.1 Å². The molecule has 0 bridgehead atoms. The molecule has 20 rings (SSSR count). The topological polar surface area (TPSA) is 328 Å². The van der Waals surface area contributed by atoms with E-state index in [-0.39, 0.29) is 54.5 Å². The molecule has 0 aliphatic carbocycles. The number of benzene rings is 8. The maximum Gasteiger partial charge on any atom is 0.415 e. The van der Waals surface area contributed by atoms with Gasteiger partial charge in [-0.25, -0.2) is 39.1 Å². The van der Waals surface area contributed by atoms with Crippen molar-refractivity contribution in [3.63, 3.8) is 0 Å². The number of hydrogen-bond acceptors (Lipinski definition) is 19. The number of aromatic amines is 4. The summed E-state index contributed by atoms with van der Waals surface area (Å²) in [6, 6.07) is 53.6. The first-order valence-corrected chi connectivity index (χ1v) is 48.9. The van der Waals surface area contributed by atoms with Gasteiger partial charge in [0.25, 0.3) is 0 Å². The van der Waals surface area contributed by atoms with E-state index in [9.17, 15) is 19.2 Å². The smallest absolute Gasteiger partial charge is 0.415 e. The summed E-state index contributed by atoms with van der Waals surface area (Å²) in [5.41, 5.74) is 16.4. The second kappa shape index (κ2) is 45.7. The van der Waals surface area contributed by atoms with Crippen molar-refractivity contribution in [1.29, 1.82) is 0 Å². The van der Waals surface area contributed by atoms with Crippen LogP contribution >= 0.6 is 46.4 Å². The molecule has 4 amide bonds. The molecule has 4 aliphatic rings. The van der Waals surface area contributed by atoms with Crippen molar-refractivity contribution >= 4 is 114 Å². The monoisotopic (exact) mass is 1990 g/mol. The molecular formula is C107H111Cl4N19O12. The number of nitrogens with one attached hydrogen (secondary N) is 4. The van der Waals surface area contributed by atoms with Gasteiger partial charge in [-0.05, 0) is 224 Å². The second-order valence-electron chi connectivity index (χ2n) is 36.4. The summed E-state index contributed by atoms with van der Waals surface area (Å²) in [5, 5.41) is 19.4. The summed E-state index contributed by atoms with van der Waals surface area (Å²) in [5.74, 6) is 5.83. The summed E-state index contributed by atoms with van der Waals surface area (Å²) < 4.78 is 53.1. The van der Waals surface area contributed by atoms with Gasteiger partial charge in [-0.15, -0.1) is 6.42 Å². The molecule has 8 aromatic heterocycles. The molecule has 31 nitrogen and oxygen atoms in total. The van der Waals surface area contributed by atoms with E-state index in [2.05, 4.69) is 88.4 Å². The van der Waals surface area contributed by atoms with Gasteiger partial charge >= 0.3 is 24.4 Å². The van der Waals surface area contributed by atoms with Crippen LogP contribution in [0.25, 0.3) is 43.6 Å². The van der Waals surface area contributed by atoms with Crippen LogP contribution in [0.5, 0.6) is 23.0 Å². The maximum absolute atomic E-state index is 13.3. The Morgan fingerprint density at radius 3 is 1.04 bits per heavy atom. The van der Waals surface area contributed by atoms with Gasteiger partial charge in [-0.3, -0.25) is 33.6 Å². The van der Waals surface area contributed by atoms with Crippen LogP contribution in [0.4, 0.5) is 19.2 Å².